The molecule has 4 rings (SSSR count). The van der Waals surface area contributed by atoms with E-state index in [0.717, 1.165) is 17.0 Å². The second-order valence-corrected chi connectivity index (χ2v) is 9.34. The molecular weight excluding hydrogens is 452 g/mol. The Morgan fingerprint density at radius 2 is 1.84 bits per heavy atom. The Balaban J connectivity index is 1.66. The van der Waals surface area contributed by atoms with Crippen molar-refractivity contribution in [2.45, 2.75) is 23.6 Å². The van der Waals surface area contributed by atoms with Crippen LogP contribution in [0.5, 0.6) is 0 Å². The lowest BCUT2D eigenvalue weighted by atomic mass is 9.91. The third kappa shape index (κ3) is 5.12. The lowest BCUT2D eigenvalue weighted by Crippen LogP contribution is -2.38. The van der Waals surface area contributed by atoms with Crippen molar-refractivity contribution in [3.63, 3.8) is 0 Å². The number of nitrogens with two attached hydrogens (primary N) is 1. The molecule has 0 aliphatic carbocycles. The Hall–Kier alpha value is -2.75. The predicted molar refractivity (Wildman–Crippen MR) is 128 cm³/mol. The third-order valence-corrected chi connectivity index (χ3v) is 6.71. The summed E-state index contributed by atoms with van der Waals surface area (Å²) in [5.41, 5.74) is 8.97. The molecule has 10 heteroatoms. The Morgan fingerprint density at radius 3 is 2.48 bits per heavy atom. The smallest absolute Gasteiger partial charge is 0.235 e. The first-order chi connectivity index (χ1) is 15.0. The van der Waals surface area contributed by atoms with E-state index in [0.29, 0.717) is 32.4 Å². The van der Waals surface area contributed by atoms with E-state index in [1.165, 1.54) is 23.1 Å². The minimum absolute atomic E-state index is 0.168. The average Bonchev–Trinajstić information content (AvgIpc) is 3.11. The first-order valence-electron chi connectivity index (χ1n) is 9.55. The number of thioether (sulfide) groups is 1. The zero-order valence-corrected chi connectivity index (χ0v) is 19.0. The highest BCUT2D eigenvalue weighted by molar-refractivity contribution is 8.01. The Bertz CT molecular complexity index is 1160. The number of hydrogen-bond donors (Lipinski definition) is 2. The van der Waals surface area contributed by atoms with Gasteiger partial charge in [-0.25, -0.2) is 4.99 Å². The molecule has 1 aliphatic heterocycles. The molecule has 0 saturated carbocycles. The van der Waals surface area contributed by atoms with E-state index >= 15 is 0 Å². The van der Waals surface area contributed by atoms with Crippen molar-refractivity contribution >= 4 is 68.7 Å². The molecule has 0 radical (unpaired) electrons. The molecule has 0 spiro atoms. The minimum Gasteiger partial charge on any atom is -0.374 e. The van der Waals surface area contributed by atoms with Gasteiger partial charge in [0.2, 0.25) is 11.0 Å². The topological polar surface area (TPSA) is 106 Å². The van der Waals surface area contributed by atoms with Gasteiger partial charge in [-0.05, 0) is 36.2 Å². The number of carbonyl (C=O) groups excluding carboxylic acids is 1. The Labute approximate surface area is 192 Å². The molecule has 1 unspecified atom stereocenters. The molecule has 3 N–H and O–H groups in total. The van der Waals surface area contributed by atoms with Crippen LogP contribution in [-0.4, -0.2) is 33.4 Å². The van der Waals surface area contributed by atoms with Gasteiger partial charge >= 0.3 is 0 Å². The number of nitrogen functional groups attached to an aromatic ring is 1. The molecule has 2 aromatic carbocycles. The van der Waals surface area contributed by atoms with Crippen LogP contribution >= 0.6 is 34.7 Å². The molecule has 31 heavy (non-hydrogen) atoms. The Kier molecular flexibility index (Phi) is 6.64. The van der Waals surface area contributed by atoms with Crippen LogP contribution in [0.15, 0.2) is 62.9 Å². The molecule has 0 bridgehead atoms. The van der Waals surface area contributed by atoms with Gasteiger partial charge in [0, 0.05) is 10.7 Å². The van der Waals surface area contributed by atoms with Crippen LogP contribution in [0.1, 0.15) is 24.8 Å². The number of carbonyl (C=O) groups is 1. The van der Waals surface area contributed by atoms with Crippen LogP contribution in [0.4, 0.5) is 16.5 Å². The largest absolute Gasteiger partial charge is 0.374 e. The van der Waals surface area contributed by atoms with E-state index in [2.05, 4.69) is 15.5 Å². The first kappa shape index (κ1) is 21.5. The van der Waals surface area contributed by atoms with Crippen LogP contribution in [0.25, 0.3) is 0 Å². The number of anilines is 1. The highest BCUT2D eigenvalue weighted by Gasteiger charge is 2.28. The number of para-hydroxylation sites is 2. The molecule has 0 fully saturated rings. The molecule has 7 nitrogen and oxygen atoms in total. The normalized spacial score (nSPS) is 15.5. The number of nitrogens with zero attached hydrogens (tertiary/aromatic N) is 4. The van der Waals surface area contributed by atoms with Crippen LogP contribution in [0.3, 0.4) is 0 Å². The third-order valence-electron chi connectivity index (χ3n) is 4.58. The van der Waals surface area contributed by atoms with E-state index in [9.17, 15) is 4.79 Å². The summed E-state index contributed by atoms with van der Waals surface area (Å²) in [5, 5.41) is 11.7. The molecule has 1 atom stereocenters. The summed E-state index contributed by atoms with van der Waals surface area (Å²) >= 11 is 8.63. The number of hydrogen-bond acceptors (Lipinski definition) is 8. The summed E-state index contributed by atoms with van der Waals surface area (Å²) in [4.78, 5) is 22.5. The quantitative estimate of drug-likeness (QED) is 0.511. The number of halogens is 1. The molecule has 0 saturated heterocycles. The van der Waals surface area contributed by atoms with Crippen molar-refractivity contribution < 1.29 is 4.79 Å². The standard InChI is InChI=1S/C21H19ClN6OS2/c1-2-14-18(12-7-9-13(22)10-8-12)19(25-16-6-4-3-5-15(16)24-14)26-17(29)11-30-21-28-27-20(23)31-21/h3-10,18H,2,11H2,1H3,(H2,23,27)(H,25,26,29). The van der Waals surface area contributed by atoms with Crippen LogP contribution in [0, 0.1) is 0 Å². The lowest BCUT2D eigenvalue weighted by Gasteiger charge is -2.20. The van der Waals surface area contributed by atoms with Gasteiger partial charge in [-0.1, -0.05) is 65.9 Å². The zero-order valence-electron chi connectivity index (χ0n) is 16.6. The number of rotatable bonds is 5. The molecular formula is C21H19ClN6OS2. The fourth-order valence-electron chi connectivity index (χ4n) is 3.20. The number of benzene rings is 2. The second kappa shape index (κ2) is 9.59. The maximum absolute atomic E-state index is 12.8. The summed E-state index contributed by atoms with van der Waals surface area (Å²) in [6, 6.07) is 15.2. The first-order valence-corrected chi connectivity index (χ1v) is 11.7. The summed E-state index contributed by atoms with van der Waals surface area (Å²) in [6.45, 7) is 2.05. The van der Waals surface area contributed by atoms with Crippen LogP contribution in [-0.2, 0) is 4.79 Å². The lowest BCUT2D eigenvalue weighted by molar-refractivity contribution is -0.117. The molecule has 158 valence electrons. The van der Waals surface area contributed by atoms with Crippen molar-refractivity contribution in [3.05, 3.63) is 59.1 Å². The molecule has 1 amide bonds. The van der Waals surface area contributed by atoms with Crippen molar-refractivity contribution in [2.75, 3.05) is 11.5 Å². The van der Waals surface area contributed by atoms with Gasteiger partial charge in [0.1, 0.15) is 5.84 Å². The summed E-state index contributed by atoms with van der Waals surface area (Å²) in [7, 11) is 0. The average molecular weight is 471 g/mol. The summed E-state index contributed by atoms with van der Waals surface area (Å²) in [6.07, 6.45) is 0.704. The zero-order chi connectivity index (χ0) is 21.8. The molecule has 1 aliphatic rings. The SMILES string of the molecule is CCC1=Nc2ccccc2N=C(NC(=O)CSc2nnc(N)s2)C1c1ccc(Cl)cc1. The van der Waals surface area contributed by atoms with Gasteiger partial charge in [0.25, 0.3) is 0 Å². The molecule has 3 aromatic rings. The fraction of sp³-hybridized carbons (Fsp3) is 0.190. The molecule has 1 aromatic heterocycles. The van der Waals surface area contributed by atoms with E-state index in [1.54, 1.807) is 0 Å². The van der Waals surface area contributed by atoms with E-state index in [1.807, 2.05) is 55.5 Å². The van der Waals surface area contributed by atoms with E-state index < -0.39 is 0 Å². The van der Waals surface area contributed by atoms with Gasteiger partial charge < -0.3 is 11.1 Å². The summed E-state index contributed by atoms with van der Waals surface area (Å²) < 4.78 is 0.644. The number of amides is 1. The monoisotopic (exact) mass is 470 g/mol. The number of nitrogens with one attached hydrogen (secondary N) is 1. The van der Waals surface area contributed by atoms with E-state index in [-0.39, 0.29) is 17.6 Å². The van der Waals surface area contributed by atoms with Crippen LogP contribution < -0.4 is 11.1 Å². The van der Waals surface area contributed by atoms with Crippen molar-refractivity contribution in [1.82, 2.24) is 15.5 Å². The second-order valence-electron chi connectivity index (χ2n) is 6.67. The van der Waals surface area contributed by atoms with Gasteiger partial charge in [-0.2, -0.15) is 0 Å². The highest BCUT2D eigenvalue weighted by atomic mass is 35.5. The number of aliphatic imine (C=N–C) groups is 2. The highest BCUT2D eigenvalue weighted by Crippen LogP contribution is 2.35. The number of amidine groups is 1. The van der Waals surface area contributed by atoms with Gasteiger partial charge in [-0.15, -0.1) is 10.2 Å². The summed E-state index contributed by atoms with van der Waals surface area (Å²) in [5.74, 6) is 0.226. The fourth-order valence-corrected chi connectivity index (χ4v) is 4.76. The van der Waals surface area contributed by atoms with Crippen molar-refractivity contribution in [2.24, 2.45) is 9.98 Å². The maximum atomic E-state index is 12.8. The number of fused-ring (bicyclic) bond motifs is 1. The van der Waals surface area contributed by atoms with Gasteiger partial charge in [-0.3, -0.25) is 9.79 Å². The van der Waals surface area contributed by atoms with Crippen molar-refractivity contribution in [1.29, 1.82) is 0 Å². The van der Waals surface area contributed by atoms with Gasteiger partial charge in [0.15, 0.2) is 4.34 Å². The predicted octanol–water partition coefficient (Wildman–Crippen LogP) is 4.99. The van der Waals surface area contributed by atoms with Crippen molar-refractivity contribution in [3.8, 4) is 0 Å². The van der Waals surface area contributed by atoms with E-state index in [4.69, 9.17) is 27.3 Å². The minimum atomic E-state index is -0.291. The molecule has 2 heterocycles. The Morgan fingerprint density at radius 1 is 1.13 bits per heavy atom. The number of aromatic nitrogens is 2. The maximum Gasteiger partial charge on any atom is 0.235 e. The van der Waals surface area contributed by atoms with Crippen LogP contribution in [0.2, 0.25) is 5.02 Å². The van der Waals surface area contributed by atoms with Gasteiger partial charge in [0.05, 0.1) is 23.0 Å².